The summed E-state index contributed by atoms with van der Waals surface area (Å²) in [6.07, 6.45) is 5.34. The summed E-state index contributed by atoms with van der Waals surface area (Å²) < 4.78 is 0. The van der Waals surface area contributed by atoms with Gasteiger partial charge in [0, 0.05) is 18.3 Å². The molecule has 0 spiro atoms. The predicted octanol–water partition coefficient (Wildman–Crippen LogP) is 3.28. The third-order valence-electron chi connectivity index (χ3n) is 3.63. The van der Waals surface area contributed by atoms with E-state index in [1.54, 1.807) is 12.3 Å². The van der Waals surface area contributed by atoms with Gasteiger partial charge in [-0.2, -0.15) is 0 Å². The van der Waals surface area contributed by atoms with Crippen LogP contribution in [0, 0.1) is 0 Å². The maximum absolute atomic E-state index is 6.08. The Kier molecular flexibility index (Phi) is 3.81. The number of rotatable bonds is 4. The van der Waals surface area contributed by atoms with Gasteiger partial charge < -0.3 is 10.2 Å². The highest BCUT2D eigenvalue weighted by atomic mass is 35.5. The van der Waals surface area contributed by atoms with E-state index in [-0.39, 0.29) is 5.54 Å². The molecule has 0 unspecified atom stereocenters. The Bertz CT molecular complexity index is 403. The zero-order valence-electron chi connectivity index (χ0n) is 10.1. The topological polar surface area (TPSA) is 28.2 Å². The highest BCUT2D eigenvalue weighted by Gasteiger charge is 2.38. The molecule has 3 nitrogen and oxygen atoms in total. The maximum atomic E-state index is 6.08. The van der Waals surface area contributed by atoms with Gasteiger partial charge >= 0.3 is 0 Å². The number of pyridine rings is 1. The number of hydrogen-bond donors (Lipinski definition) is 1. The molecule has 1 saturated carbocycles. The van der Waals surface area contributed by atoms with E-state index in [1.165, 1.54) is 19.3 Å². The van der Waals surface area contributed by atoms with E-state index in [0.29, 0.717) is 15.9 Å². The molecule has 2 rings (SSSR count). The Balaban J connectivity index is 2.02. The van der Waals surface area contributed by atoms with Crippen molar-refractivity contribution in [1.82, 2.24) is 9.88 Å². The molecule has 1 aliphatic carbocycles. The normalized spacial score (nSPS) is 17.9. The fourth-order valence-electron chi connectivity index (χ4n) is 2.16. The lowest BCUT2D eigenvalue weighted by atomic mass is 9.75. The predicted molar refractivity (Wildman–Crippen MR) is 73.0 cm³/mol. The first kappa shape index (κ1) is 12.9. The van der Waals surface area contributed by atoms with Gasteiger partial charge in [-0.15, -0.1) is 0 Å². The number of likely N-dealkylation sites (N-methyl/N-ethyl adjacent to an activating group) is 1. The Hall–Kier alpha value is -0.510. The standard InChI is InChI=1S/C12H17Cl2N3/c1-17(2)12(4-3-5-12)8-16-11-10(14)6-9(13)7-15-11/h6-7H,3-5,8H2,1-2H3,(H,15,16). The van der Waals surface area contributed by atoms with Gasteiger partial charge in [-0.1, -0.05) is 23.2 Å². The van der Waals surface area contributed by atoms with Crippen LogP contribution in [0.5, 0.6) is 0 Å². The minimum Gasteiger partial charge on any atom is -0.367 e. The lowest BCUT2D eigenvalue weighted by Gasteiger charge is -2.47. The van der Waals surface area contributed by atoms with Crippen LogP contribution in [0.3, 0.4) is 0 Å². The van der Waals surface area contributed by atoms with Crippen molar-refractivity contribution in [2.45, 2.75) is 24.8 Å². The third kappa shape index (κ3) is 2.67. The summed E-state index contributed by atoms with van der Waals surface area (Å²) in [5.41, 5.74) is 0.255. The Morgan fingerprint density at radius 3 is 2.59 bits per heavy atom. The zero-order chi connectivity index (χ0) is 12.5. The van der Waals surface area contributed by atoms with Crippen LogP contribution in [-0.2, 0) is 0 Å². The molecule has 0 aromatic carbocycles. The number of nitrogens with zero attached hydrogens (tertiary/aromatic N) is 2. The van der Waals surface area contributed by atoms with Gasteiger partial charge in [0.05, 0.1) is 10.0 Å². The summed E-state index contributed by atoms with van der Waals surface area (Å²) in [5.74, 6) is 0.712. The van der Waals surface area contributed by atoms with Crippen molar-refractivity contribution in [2.24, 2.45) is 0 Å². The monoisotopic (exact) mass is 273 g/mol. The molecule has 1 N–H and O–H groups in total. The Morgan fingerprint density at radius 1 is 1.41 bits per heavy atom. The van der Waals surface area contributed by atoms with E-state index in [2.05, 4.69) is 29.3 Å². The van der Waals surface area contributed by atoms with Crippen molar-refractivity contribution < 1.29 is 0 Å². The van der Waals surface area contributed by atoms with Gasteiger partial charge in [0.15, 0.2) is 0 Å². The molecule has 0 bridgehead atoms. The van der Waals surface area contributed by atoms with Crippen LogP contribution in [0.2, 0.25) is 10.0 Å². The number of anilines is 1. The van der Waals surface area contributed by atoms with E-state index in [0.717, 1.165) is 6.54 Å². The fraction of sp³-hybridized carbons (Fsp3) is 0.583. The average Bonchev–Trinajstić information content (AvgIpc) is 2.18. The molecule has 0 aliphatic heterocycles. The second kappa shape index (κ2) is 5.01. The summed E-state index contributed by atoms with van der Waals surface area (Å²) >= 11 is 11.9. The van der Waals surface area contributed by atoms with Gasteiger partial charge in [0.1, 0.15) is 5.82 Å². The molecule has 1 aliphatic rings. The first-order chi connectivity index (χ1) is 8.03. The van der Waals surface area contributed by atoms with Crippen molar-refractivity contribution in [3.63, 3.8) is 0 Å². The van der Waals surface area contributed by atoms with Crippen LogP contribution in [0.4, 0.5) is 5.82 Å². The Labute approximate surface area is 112 Å². The molecule has 1 aromatic rings. The summed E-state index contributed by atoms with van der Waals surface area (Å²) in [4.78, 5) is 6.49. The van der Waals surface area contributed by atoms with Gasteiger partial charge in [-0.05, 0) is 39.4 Å². The highest BCUT2D eigenvalue weighted by molar-refractivity contribution is 6.35. The molecule has 1 aromatic heterocycles. The smallest absolute Gasteiger partial charge is 0.144 e. The van der Waals surface area contributed by atoms with Crippen LogP contribution in [0.25, 0.3) is 0 Å². The second-order valence-corrected chi connectivity index (χ2v) is 5.65. The molecule has 0 radical (unpaired) electrons. The second-order valence-electron chi connectivity index (χ2n) is 4.81. The van der Waals surface area contributed by atoms with Gasteiger partial charge in [-0.3, -0.25) is 0 Å². The van der Waals surface area contributed by atoms with E-state index in [1.807, 2.05) is 0 Å². The van der Waals surface area contributed by atoms with Gasteiger partial charge in [0.2, 0.25) is 0 Å². The first-order valence-electron chi connectivity index (χ1n) is 5.76. The van der Waals surface area contributed by atoms with Gasteiger partial charge in [0.25, 0.3) is 0 Å². The van der Waals surface area contributed by atoms with E-state index < -0.39 is 0 Å². The van der Waals surface area contributed by atoms with Gasteiger partial charge in [-0.25, -0.2) is 4.98 Å². The summed E-state index contributed by atoms with van der Waals surface area (Å²) in [6.45, 7) is 0.869. The molecular formula is C12H17Cl2N3. The number of nitrogens with one attached hydrogen (secondary N) is 1. The molecule has 1 heterocycles. The lowest BCUT2D eigenvalue weighted by Crippen LogP contribution is -2.54. The number of aromatic nitrogens is 1. The average molecular weight is 274 g/mol. The third-order valence-corrected chi connectivity index (χ3v) is 4.12. The van der Waals surface area contributed by atoms with Crippen LogP contribution in [0.15, 0.2) is 12.3 Å². The fourth-order valence-corrected chi connectivity index (χ4v) is 2.61. The van der Waals surface area contributed by atoms with Crippen molar-refractivity contribution in [3.8, 4) is 0 Å². The number of halogens is 2. The molecule has 5 heteroatoms. The molecule has 17 heavy (non-hydrogen) atoms. The highest BCUT2D eigenvalue weighted by Crippen LogP contribution is 2.36. The first-order valence-corrected chi connectivity index (χ1v) is 6.51. The van der Waals surface area contributed by atoms with Crippen molar-refractivity contribution in [1.29, 1.82) is 0 Å². The van der Waals surface area contributed by atoms with Crippen molar-refractivity contribution in [2.75, 3.05) is 26.0 Å². The molecule has 1 fully saturated rings. The SMILES string of the molecule is CN(C)C1(CNc2ncc(Cl)cc2Cl)CCC1. The molecule has 94 valence electrons. The minimum absolute atomic E-state index is 0.255. The molecule has 0 atom stereocenters. The largest absolute Gasteiger partial charge is 0.367 e. The van der Waals surface area contributed by atoms with Crippen LogP contribution in [0.1, 0.15) is 19.3 Å². The van der Waals surface area contributed by atoms with E-state index in [9.17, 15) is 0 Å². The Morgan fingerprint density at radius 2 is 2.12 bits per heavy atom. The summed E-state index contributed by atoms with van der Waals surface area (Å²) in [6, 6.07) is 1.71. The van der Waals surface area contributed by atoms with Crippen molar-refractivity contribution in [3.05, 3.63) is 22.3 Å². The summed E-state index contributed by atoms with van der Waals surface area (Å²) in [5, 5.41) is 4.46. The summed E-state index contributed by atoms with van der Waals surface area (Å²) in [7, 11) is 4.25. The molecule has 0 amide bonds. The van der Waals surface area contributed by atoms with E-state index >= 15 is 0 Å². The zero-order valence-corrected chi connectivity index (χ0v) is 11.6. The number of hydrogen-bond acceptors (Lipinski definition) is 3. The van der Waals surface area contributed by atoms with Crippen LogP contribution in [-0.4, -0.2) is 36.1 Å². The maximum Gasteiger partial charge on any atom is 0.144 e. The minimum atomic E-state index is 0.255. The quantitative estimate of drug-likeness (QED) is 0.913. The lowest BCUT2D eigenvalue weighted by molar-refractivity contribution is 0.0738. The van der Waals surface area contributed by atoms with E-state index in [4.69, 9.17) is 23.2 Å². The molecule has 0 saturated heterocycles. The van der Waals surface area contributed by atoms with Crippen molar-refractivity contribution >= 4 is 29.0 Å². The van der Waals surface area contributed by atoms with Crippen LogP contribution >= 0.6 is 23.2 Å². The van der Waals surface area contributed by atoms with Crippen LogP contribution < -0.4 is 5.32 Å². The molecular weight excluding hydrogens is 257 g/mol.